The van der Waals surface area contributed by atoms with Crippen LogP contribution in [0.1, 0.15) is 18.4 Å². The molecule has 1 aromatic carbocycles. The van der Waals surface area contributed by atoms with E-state index in [-0.39, 0.29) is 12.6 Å². The number of aryl methyl sites for hydroxylation is 1. The van der Waals surface area contributed by atoms with Gasteiger partial charge in [0.15, 0.2) is 0 Å². The van der Waals surface area contributed by atoms with Crippen molar-refractivity contribution in [2.45, 2.75) is 25.4 Å². The summed E-state index contributed by atoms with van der Waals surface area (Å²) in [5.74, 6) is 0.477. The predicted molar refractivity (Wildman–Crippen MR) is 70.0 cm³/mol. The van der Waals surface area contributed by atoms with Gasteiger partial charge in [-0.3, -0.25) is 4.79 Å². The van der Waals surface area contributed by atoms with Crippen LogP contribution in [0.2, 0.25) is 0 Å². The summed E-state index contributed by atoms with van der Waals surface area (Å²) in [5, 5.41) is 17.8. The quantitative estimate of drug-likeness (QED) is 0.685. The smallest absolute Gasteiger partial charge is 0.305 e. The third-order valence-electron chi connectivity index (χ3n) is 2.70. The highest BCUT2D eigenvalue weighted by Crippen LogP contribution is 2.14. The van der Waals surface area contributed by atoms with Gasteiger partial charge in [0.25, 0.3) is 0 Å². The third-order valence-corrected chi connectivity index (χ3v) is 2.70. The summed E-state index contributed by atoms with van der Waals surface area (Å²) in [6.45, 7) is 0.0963. The lowest BCUT2D eigenvalue weighted by molar-refractivity contribution is -0.140. The zero-order valence-corrected chi connectivity index (χ0v) is 11.0. The molecular formula is C14H20O5. The number of rotatable bonds is 8. The summed E-state index contributed by atoms with van der Waals surface area (Å²) >= 11 is 0. The number of aliphatic hydroxyl groups excluding tert-OH is 2. The zero-order chi connectivity index (χ0) is 14.1. The molecule has 0 aliphatic carbocycles. The Morgan fingerprint density at radius 1 is 1.32 bits per heavy atom. The van der Waals surface area contributed by atoms with Gasteiger partial charge in [-0.1, -0.05) is 12.1 Å². The fraction of sp³-hybridized carbons (Fsp3) is 0.500. The van der Waals surface area contributed by atoms with E-state index in [9.17, 15) is 4.79 Å². The minimum atomic E-state index is -0.737. The first kappa shape index (κ1) is 15.5. The molecule has 0 amide bonds. The molecule has 0 bridgehead atoms. The lowest BCUT2D eigenvalue weighted by Crippen LogP contribution is -2.15. The van der Waals surface area contributed by atoms with Crippen LogP contribution in [0.25, 0.3) is 0 Å². The highest BCUT2D eigenvalue weighted by Gasteiger charge is 2.03. The molecular weight excluding hydrogens is 248 g/mol. The maximum absolute atomic E-state index is 11.0. The molecule has 0 saturated carbocycles. The maximum Gasteiger partial charge on any atom is 0.305 e. The Kier molecular flexibility index (Phi) is 6.92. The van der Waals surface area contributed by atoms with Crippen molar-refractivity contribution in [1.29, 1.82) is 0 Å². The number of hydrogen-bond acceptors (Lipinski definition) is 5. The van der Waals surface area contributed by atoms with E-state index in [2.05, 4.69) is 4.74 Å². The fourth-order valence-corrected chi connectivity index (χ4v) is 1.50. The number of methoxy groups -OCH3 is 1. The van der Waals surface area contributed by atoms with E-state index in [1.54, 1.807) is 0 Å². The van der Waals surface area contributed by atoms with Gasteiger partial charge in [-0.15, -0.1) is 0 Å². The molecule has 0 aliphatic heterocycles. The molecule has 0 spiro atoms. The van der Waals surface area contributed by atoms with Crippen molar-refractivity contribution >= 4 is 5.97 Å². The first-order chi connectivity index (χ1) is 9.15. The van der Waals surface area contributed by atoms with Crippen LogP contribution in [0.5, 0.6) is 5.75 Å². The topological polar surface area (TPSA) is 76.0 Å². The van der Waals surface area contributed by atoms with Gasteiger partial charge in [0.1, 0.15) is 5.75 Å². The van der Waals surface area contributed by atoms with E-state index in [4.69, 9.17) is 14.9 Å². The molecule has 2 N–H and O–H groups in total. The highest BCUT2D eigenvalue weighted by atomic mass is 16.5. The number of hydrogen-bond donors (Lipinski definition) is 2. The monoisotopic (exact) mass is 268 g/mol. The van der Waals surface area contributed by atoms with E-state index in [0.717, 1.165) is 5.56 Å². The molecule has 5 nitrogen and oxygen atoms in total. The summed E-state index contributed by atoms with van der Waals surface area (Å²) in [4.78, 5) is 11.0. The van der Waals surface area contributed by atoms with E-state index in [1.807, 2.05) is 24.3 Å². The van der Waals surface area contributed by atoms with Gasteiger partial charge in [0.05, 0.1) is 26.4 Å². The van der Waals surface area contributed by atoms with Crippen molar-refractivity contribution in [3.8, 4) is 5.75 Å². The van der Waals surface area contributed by atoms with Crippen LogP contribution < -0.4 is 4.74 Å². The molecule has 106 valence electrons. The van der Waals surface area contributed by atoms with Gasteiger partial charge in [0.2, 0.25) is 0 Å². The summed E-state index contributed by atoms with van der Waals surface area (Å²) in [7, 11) is 1.38. The molecule has 5 heteroatoms. The van der Waals surface area contributed by atoms with Crippen molar-refractivity contribution in [2.24, 2.45) is 0 Å². The van der Waals surface area contributed by atoms with Crippen molar-refractivity contribution in [2.75, 3.05) is 20.3 Å². The Morgan fingerprint density at radius 2 is 2.00 bits per heavy atom. The molecule has 1 rings (SSSR count). The van der Waals surface area contributed by atoms with Crippen LogP contribution in [0.3, 0.4) is 0 Å². The van der Waals surface area contributed by atoms with Crippen LogP contribution in [0, 0.1) is 0 Å². The summed E-state index contributed by atoms with van der Waals surface area (Å²) in [6, 6.07) is 7.41. The number of ether oxygens (including phenoxy) is 2. The summed E-state index contributed by atoms with van der Waals surface area (Å²) in [6.07, 6.45) is 0.648. The van der Waals surface area contributed by atoms with Gasteiger partial charge < -0.3 is 19.7 Å². The zero-order valence-electron chi connectivity index (χ0n) is 11.0. The van der Waals surface area contributed by atoms with Crippen LogP contribution >= 0.6 is 0 Å². The Bertz CT molecular complexity index is 374. The number of carbonyl (C=O) groups excluding carboxylic acids is 1. The van der Waals surface area contributed by atoms with E-state index in [1.165, 1.54) is 7.11 Å². The second kappa shape index (κ2) is 8.50. The van der Waals surface area contributed by atoms with Gasteiger partial charge in [-0.05, 0) is 24.1 Å². The second-order valence-corrected chi connectivity index (χ2v) is 4.19. The van der Waals surface area contributed by atoms with E-state index in [0.29, 0.717) is 31.6 Å². The molecule has 1 unspecified atom stereocenters. The van der Waals surface area contributed by atoms with Crippen LogP contribution in [0.15, 0.2) is 24.3 Å². The van der Waals surface area contributed by atoms with Gasteiger partial charge in [0, 0.05) is 12.8 Å². The average Bonchev–Trinajstić information content (AvgIpc) is 2.45. The Hall–Kier alpha value is -1.59. The number of benzene rings is 1. The Morgan fingerprint density at radius 3 is 2.58 bits per heavy atom. The van der Waals surface area contributed by atoms with Gasteiger partial charge in [-0.25, -0.2) is 0 Å². The van der Waals surface area contributed by atoms with Crippen molar-refractivity contribution in [1.82, 2.24) is 0 Å². The van der Waals surface area contributed by atoms with Crippen molar-refractivity contribution < 1.29 is 24.5 Å². The largest absolute Gasteiger partial charge is 0.493 e. The lowest BCUT2D eigenvalue weighted by Gasteiger charge is -2.09. The van der Waals surface area contributed by atoms with Crippen LogP contribution in [-0.4, -0.2) is 42.6 Å². The molecule has 1 atom stereocenters. The molecule has 1 aromatic rings. The Balaban J connectivity index is 2.33. The van der Waals surface area contributed by atoms with E-state index < -0.39 is 6.10 Å². The van der Waals surface area contributed by atoms with Crippen molar-refractivity contribution in [3.05, 3.63) is 29.8 Å². The van der Waals surface area contributed by atoms with Crippen LogP contribution in [0.4, 0.5) is 0 Å². The standard InChI is InChI=1S/C14H20O5/c1-18-14(17)7-4-11-2-5-13(6-3-11)19-9-8-12(16)10-15/h2-3,5-6,12,15-16H,4,7-10H2,1H3. The Labute approximate surface area is 112 Å². The molecule has 0 aromatic heterocycles. The first-order valence-corrected chi connectivity index (χ1v) is 6.23. The van der Waals surface area contributed by atoms with Crippen LogP contribution in [-0.2, 0) is 16.0 Å². The molecule has 0 saturated heterocycles. The molecule has 0 aliphatic rings. The normalized spacial score (nSPS) is 11.9. The summed E-state index contributed by atoms with van der Waals surface area (Å²) in [5.41, 5.74) is 1.04. The lowest BCUT2D eigenvalue weighted by atomic mass is 10.1. The maximum atomic E-state index is 11.0. The van der Waals surface area contributed by atoms with Crippen molar-refractivity contribution in [3.63, 3.8) is 0 Å². The SMILES string of the molecule is COC(=O)CCc1ccc(OCCC(O)CO)cc1. The minimum absolute atomic E-state index is 0.224. The van der Waals surface area contributed by atoms with E-state index >= 15 is 0 Å². The predicted octanol–water partition coefficient (Wildman–Crippen LogP) is 0.914. The molecule has 19 heavy (non-hydrogen) atoms. The first-order valence-electron chi connectivity index (χ1n) is 6.23. The summed E-state index contributed by atoms with van der Waals surface area (Å²) < 4.78 is 9.99. The fourth-order valence-electron chi connectivity index (χ4n) is 1.50. The number of carbonyl (C=O) groups is 1. The second-order valence-electron chi connectivity index (χ2n) is 4.19. The van der Waals surface area contributed by atoms with Gasteiger partial charge >= 0.3 is 5.97 Å². The molecule has 0 fully saturated rings. The number of esters is 1. The number of aliphatic hydroxyl groups is 2. The molecule has 0 radical (unpaired) electrons. The third kappa shape index (κ3) is 6.22. The average molecular weight is 268 g/mol. The van der Waals surface area contributed by atoms with Gasteiger partial charge in [-0.2, -0.15) is 0 Å². The minimum Gasteiger partial charge on any atom is -0.493 e. The molecule has 0 heterocycles. The highest BCUT2D eigenvalue weighted by molar-refractivity contribution is 5.69.